The molecule has 0 fully saturated rings. The van der Waals surface area contributed by atoms with Crippen molar-refractivity contribution in [2.24, 2.45) is 5.92 Å². The third-order valence-electron chi connectivity index (χ3n) is 7.10. The molecule has 0 aromatic heterocycles. The normalized spacial score (nSPS) is 20.3. The Labute approximate surface area is 238 Å². The van der Waals surface area contributed by atoms with Crippen LogP contribution in [0.5, 0.6) is 5.75 Å². The molecule has 8 heteroatoms. The molecule has 212 valence electrons. The second kappa shape index (κ2) is 13.0. The van der Waals surface area contributed by atoms with Gasteiger partial charge in [-0.3, -0.25) is 4.90 Å². The zero-order valence-corrected chi connectivity index (χ0v) is 24.3. The van der Waals surface area contributed by atoms with Crippen molar-refractivity contribution in [1.82, 2.24) is 9.21 Å². The van der Waals surface area contributed by atoms with E-state index in [2.05, 4.69) is 53.1 Å². The molecule has 0 radical (unpaired) electrons. The maximum atomic E-state index is 13.6. The van der Waals surface area contributed by atoms with E-state index in [0.29, 0.717) is 18.7 Å². The number of nitrogens with zero attached hydrogens (tertiary/aromatic N) is 2. The van der Waals surface area contributed by atoms with Crippen LogP contribution in [0.3, 0.4) is 0 Å². The van der Waals surface area contributed by atoms with E-state index in [1.165, 1.54) is 15.9 Å². The highest BCUT2D eigenvalue weighted by Crippen LogP contribution is 2.34. The van der Waals surface area contributed by atoms with Crippen LogP contribution in [0.25, 0.3) is 11.1 Å². The number of benzene rings is 3. The van der Waals surface area contributed by atoms with E-state index in [1.807, 2.05) is 32.2 Å². The molecule has 3 aromatic rings. The summed E-state index contributed by atoms with van der Waals surface area (Å²) in [5, 5.41) is 19.4. The number of hydrogen-bond donors (Lipinski definition) is 2. The van der Waals surface area contributed by atoms with E-state index < -0.39 is 22.2 Å². The zero-order chi connectivity index (χ0) is 28.9. The number of aliphatic hydroxyl groups is 2. The molecule has 1 aliphatic heterocycles. The van der Waals surface area contributed by atoms with Gasteiger partial charge < -0.3 is 14.9 Å². The molecule has 40 heavy (non-hydrogen) atoms. The molecule has 0 bridgehead atoms. The van der Waals surface area contributed by atoms with Crippen LogP contribution in [0.2, 0.25) is 0 Å². The van der Waals surface area contributed by atoms with E-state index in [9.17, 15) is 18.6 Å². The predicted molar refractivity (Wildman–Crippen MR) is 157 cm³/mol. The van der Waals surface area contributed by atoms with E-state index >= 15 is 0 Å². The molecule has 0 aliphatic carbocycles. The van der Waals surface area contributed by atoms with Crippen molar-refractivity contribution in [3.63, 3.8) is 0 Å². The molecule has 0 unspecified atom stereocenters. The van der Waals surface area contributed by atoms with Gasteiger partial charge in [-0.25, -0.2) is 8.42 Å². The van der Waals surface area contributed by atoms with Crippen LogP contribution in [0, 0.1) is 17.8 Å². The Kier molecular flexibility index (Phi) is 9.67. The van der Waals surface area contributed by atoms with Gasteiger partial charge in [-0.1, -0.05) is 73.4 Å². The minimum Gasteiger partial charge on any atom is -0.487 e. The Bertz CT molecular complexity index is 1450. The molecule has 2 N–H and O–H groups in total. The lowest BCUT2D eigenvalue weighted by atomic mass is 10.0. The third kappa shape index (κ3) is 7.11. The van der Waals surface area contributed by atoms with Crippen LogP contribution in [0.4, 0.5) is 0 Å². The highest BCUT2D eigenvalue weighted by atomic mass is 32.2. The fourth-order valence-corrected chi connectivity index (χ4v) is 6.65. The number of fused-ring (bicyclic) bond motifs is 1. The van der Waals surface area contributed by atoms with Crippen LogP contribution >= 0.6 is 0 Å². The summed E-state index contributed by atoms with van der Waals surface area (Å²) in [4.78, 5) is 2.22. The van der Waals surface area contributed by atoms with Gasteiger partial charge in [0.1, 0.15) is 22.9 Å². The second-order valence-electron chi connectivity index (χ2n) is 10.6. The first kappa shape index (κ1) is 29.8. The SMILES string of the molecule is C[C@@H]1CN([C@@H](C)CO)S(=O)(=O)c2ccc(C#C[C@@H](C)O)cc2O[C@@H]1CN(C)Cc1ccc(-c2ccccc2)cc1. The first-order chi connectivity index (χ1) is 19.1. The average molecular weight is 563 g/mol. The summed E-state index contributed by atoms with van der Waals surface area (Å²) in [5.74, 6) is 5.64. The van der Waals surface area contributed by atoms with Gasteiger partial charge in [-0.05, 0) is 55.8 Å². The summed E-state index contributed by atoms with van der Waals surface area (Å²) in [6, 6.07) is 22.9. The molecule has 0 saturated carbocycles. The maximum absolute atomic E-state index is 13.6. The number of sulfonamides is 1. The topological polar surface area (TPSA) is 90.3 Å². The highest BCUT2D eigenvalue weighted by molar-refractivity contribution is 7.89. The summed E-state index contributed by atoms with van der Waals surface area (Å²) < 4.78 is 35.1. The van der Waals surface area contributed by atoms with Gasteiger partial charge in [-0.15, -0.1) is 0 Å². The Balaban J connectivity index is 1.59. The third-order valence-corrected chi connectivity index (χ3v) is 9.12. The number of rotatable bonds is 7. The quantitative estimate of drug-likeness (QED) is 0.424. The largest absolute Gasteiger partial charge is 0.487 e. The number of hydrogen-bond acceptors (Lipinski definition) is 6. The molecular weight excluding hydrogens is 524 g/mol. The van der Waals surface area contributed by atoms with Crippen LogP contribution in [-0.2, 0) is 16.6 Å². The molecule has 1 heterocycles. The van der Waals surface area contributed by atoms with Gasteiger partial charge in [0.2, 0.25) is 10.0 Å². The molecule has 7 nitrogen and oxygen atoms in total. The van der Waals surface area contributed by atoms with E-state index in [0.717, 1.165) is 11.1 Å². The van der Waals surface area contributed by atoms with E-state index in [-0.39, 0.29) is 35.8 Å². The van der Waals surface area contributed by atoms with E-state index in [1.54, 1.807) is 26.0 Å². The van der Waals surface area contributed by atoms with Crippen molar-refractivity contribution in [1.29, 1.82) is 0 Å². The molecule has 0 amide bonds. The summed E-state index contributed by atoms with van der Waals surface area (Å²) in [5.41, 5.74) is 4.05. The predicted octanol–water partition coefficient (Wildman–Crippen LogP) is 3.99. The Morgan fingerprint density at radius 3 is 2.38 bits per heavy atom. The number of likely N-dealkylation sites (N-methyl/N-ethyl adjacent to an activating group) is 1. The minimum atomic E-state index is -3.93. The van der Waals surface area contributed by atoms with Crippen LogP contribution < -0.4 is 4.74 Å². The highest BCUT2D eigenvalue weighted by Gasteiger charge is 2.38. The Morgan fingerprint density at radius 2 is 1.73 bits per heavy atom. The summed E-state index contributed by atoms with van der Waals surface area (Å²) >= 11 is 0. The lowest BCUT2D eigenvalue weighted by Crippen LogP contribution is -2.49. The smallest absolute Gasteiger partial charge is 0.247 e. The van der Waals surface area contributed by atoms with Gasteiger partial charge in [0, 0.05) is 37.2 Å². The second-order valence-corrected chi connectivity index (χ2v) is 12.5. The van der Waals surface area contributed by atoms with Crippen molar-refractivity contribution < 1.29 is 23.4 Å². The van der Waals surface area contributed by atoms with Crippen LogP contribution in [0.1, 0.15) is 31.9 Å². The van der Waals surface area contributed by atoms with E-state index in [4.69, 9.17) is 4.74 Å². The van der Waals surface area contributed by atoms with Crippen LogP contribution in [0.15, 0.2) is 77.7 Å². The summed E-state index contributed by atoms with van der Waals surface area (Å²) in [6.45, 7) is 6.44. The first-order valence-electron chi connectivity index (χ1n) is 13.5. The molecule has 1 aliphatic rings. The fourth-order valence-electron chi connectivity index (χ4n) is 4.83. The van der Waals surface area contributed by atoms with Crippen molar-refractivity contribution in [2.45, 2.75) is 50.5 Å². The number of ether oxygens (including phenoxy) is 1. The van der Waals surface area contributed by atoms with Gasteiger partial charge in [0.05, 0.1) is 6.61 Å². The summed E-state index contributed by atoms with van der Waals surface area (Å²) in [6.07, 6.45) is -1.13. The average Bonchev–Trinajstić information content (AvgIpc) is 2.94. The molecule has 4 atom stereocenters. The molecule has 3 aromatic carbocycles. The summed E-state index contributed by atoms with van der Waals surface area (Å²) in [7, 11) is -1.90. The lowest BCUT2D eigenvalue weighted by Gasteiger charge is -2.37. The van der Waals surface area contributed by atoms with Gasteiger partial charge >= 0.3 is 0 Å². The standard InChI is InChI=1S/C32H38N2O5S/c1-23-19-34(24(2)22-35)40(37,38)32-17-14-26(11-10-25(3)36)18-30(32)39-31(23)21-33(4)20-27-12-15-29(16-13-27)28-8-6-5-7-9-28/h5-9,12-18,23-25,31,35-36H,19-22H2,1-4H3/t23-,24+,25-,31-/m1/s1. The van der Waals surface area contributed by atoms with Crippen molar-refractivity contribution in [3.8, 4) is 28.7 Å². The first-order valence-corrected chi connectivity index (χ1v) is 15.0. The van der Waals surface area contributed by atoms with Crippen molar-refractivity contribution in [2.75, 3.05) is 26.7 Å². The van der Waals surface area contributed by atoms with Gasteiger partial charge in [0.15, 0.2) is 0 Å². The molecule has 4 rings (SSSR count). The monoisotopic (exact) mass is 562 g/mol. The minimum absolute atomic E-state index is 0.0476. The van der Waals surface area contributed by atoms with Crippen LogP contribution in [-0.4, -0.2) is 72.8 Å². The Hall–Kier alpha value is -3.19. The fraction of sp³-hybridized carbons (Fsp3) is 0.375. The Morgan fingerprint density at radius 1 is 1.05 bits per heavy atom. The van der Waals surface area contributed by atoms with Gasteiger partial charge in [0.25, 0.3) is 0 Å². The molecular formula is C32H38N2O5S. The molecule has 0 saturated heterocycles. The number of aliphatic hydroxyl groups excluding tert-OH is 2. The van der Waals surface area contributed by atoms with Crippen molar-refractivity contribution in [3.05, 3.63) is 83.9 Å². The van der Waals surface area contributed by atoms with Crippen molar-refractivity contribution >= 4 is 10.0 Å². The zero-order valence-electron chi connectivity index (χ0n) is 23.5. The molecule has 0 spiro atoms. The maximum Gasteiger partial charge on any atom is 0.247 e. The lowest BCUT2D eigenvalue weighted by molar-refractivity contribution is 0.0733. The van der Waals surface area contributed by atoms with Gasteiger partial charge in [-0.2, -0.15) is 4.31 Å².